The van der Waals surface area contributed by atoms with E-state index >= 15 is 0 Å². The number of hydrogen-bond acceptors (Lipinski definition) is 6. The van der Waals surface area contributed by atoms with E-state index in [1.807, 2.05) is 0 Å². The Morgan fingerprint density at radius 3 is 2.36 bits per heavy atom. The predicted molar refractivity (Wildman–Crippen MR) is 94.5 cm³/mol. The van der Waals surface area contributed by atoms with E-state index < -0.39 is 32.4 Å². The third kappa shape index (κ3) is 4.28. The molecular weight excluding hydrogens is 419 g/mol. The highest BCUT2D eigenvalue weighted by atomic mass is 32.2. The molecule has 1 aliphatic rings. The fourth-order valence-electron chi connectivity index (χ4n) is 2.69. The molecule has 0 radical (unpaired) electrons. The van der Waals surface area contributed by atoms with E-state index in [0.717, 1.165) is 42.9 Å². The van der Waals surface area contributed by atoms with Crippen LogP contribution < -0.4 is 0 Å². The second kappa shape index (κ2) is 7.68. The molecule has 2 heterocycles. The lowest BCUT2D eigenvalue weighted by Gasteiger charge is -2.15. The normalized spacial score (nSPS) is 15.7. The first kappa shape index (κ1) is 20.6. The zero-order valence-electron chi connectivity index (χ0n) is 14.2. The molecule has 0 saturated carbocycles. The van der Waals surface area contributed by atoms with Crippen LogP contribution in [-0.4, -0.2) is 35.7 Å². The van der Waals surface area contributed by atoms with Crippen LogP contribution in [0.1, 0.15) is 18.4 Å². The van der Waals surface area contributed by atoms with Gasteiger partial charge >= 0.3 is 6.18 Å². The van der Waals surface area contributed by atoms with Crippen molar-refractivity contribution in [2.45, 2.75) is 33.8 Å². The molecule has 1 aromatic heterocycles. The van der Waals surface area contributed by atoms with Crippen molar-refractivity contribution in [3.8, 4) is 0 Å². The monoisotopic (exact) mass is 433 g/mol. The number of nitro benzene ring substituents is 1. The standard InChI is InChI=1S/C16H14F3N3O4S2/c17-16(18,19)11-3-5-14(13(9-11)22(23)24)27-15-6-4-12(10-20-15)28(25,26)21-7-1-2-8-21/h3-6,9-10H,1-2,7-8H2. The molecule has 0 amide bonds. The fourth-order valence-corrected chi connectivity index (χ4v) is 5.00. The first-order valence-corrected chi connectivity index (χ1v) is 10.3. The first-order chi connectivity index (χ1) is 13.1. The van der Waals surface area contributed by atoms with Gasteiger partial charge in [-0.15, -0.1) is 0 Å². The molecular formula is C16H14F3N3O4S2. The van der Waals surface area contributed by atoms with E-state index in [9.17, 15) is 31.7 Å². The number of rotatable bonds is 5. The number of halogens is 3. The number of aromatic nitrogens is 1. The molecule has 0 aliphatic carbocycles. The zero-order valence-corrected chi connectivity index (χ0v) is 15.9. The number of nitrogens with zero attached hydrogens (tertiary/aromatic N) is 3. The predicted octanol–water partition coefficient (Wildman–Crippen LogP) is 3.94. The van der Waals surface area contributed by atoms with E-state index in [1.54, 1.807) is 0 Å². The van der Waals surface area contributed by atoms with Gasteiger partial charge in [0.25, 0.3) is 5.69 Å². The number of benzene rings is 1. The lowest BCUT2D eigenvalue weighted by molar-refractivity contribution is -0.388. The van der Waals surface area contributed by atoms with Crippen LogP contribution in [0.5, 0.6) is 0 Å². The molecule has 1 saturated heterocycles. The Morgan fingerprint density at radius 1 is 1.14 bits per heavy atom. The van der Waals surface area contributed by atoms with Crippen LogP contribution >= 0.6 is 11.8 Å². The van der Waals surface area contributed by atoms with Gasteiger partial charge in [0, 0.05) is 25.4 Å². The van der Waals surface area contributed by atoms with Crippen LogP contribution in [0.2, 0.25) is 0 Å². The molecule has 1 aromatic carbocycles. The highest BCUT2D eigenvalue weighted by molar-refractivity contribution is 7.99. The molecule has 12 heteroatoms. The molecule has 1 aliphatic heterocycles. The average molecular weight is 433 g/mol. The first-order valence-electron chi connectivity index (χ1n) is 8.09. The molecule has 2 aromatic rings. The quantitative estimate of drug-likeness (QED) is 0.524. The van der Waals surface area contributed by atoms with Crippen molar-refractivity contribution in [3.63, 3.8) is 0 Å². The number of nitro groups is 1. The second-order valence-electron chi connectivity index (χ2n) is 5.98. The molecule has 150 valence electrons. The summed E-state index contributed by atoms with van der Waals surface area (Å²) in [7, 11) is -3.64. The van der Waals surface area contributed by atoms with Crippen molar-refractivity contribution in [1.82, 2.24) is 9.29 Å². The fraction of sp³-hybridized carbons (Fsp3) is 0.312. The van der Waals surface area contributed by atoms with Crippen LogP contribution in [0.15, 0.2) is 51.3 Å². The summed E-state index contributed by atoms with van der Waals surface area (Å²) in [4.78, 5) is 14.2. The van der Waals surface area contributed by atoms with Gasteiger partial charge in [-0.2, -0.15) is 17.5 Å². The van der Waals surface area contributed by atoms with Gasteiger partial charge in [0.1, 0.15) is 9.92 Å². The van der Waals surface area contributed by atoms with Crippen LogP contribution in [0, 0.1) is 10.1 Å². The van der Waals surface area contributed by atoms with Gasteiger partial charge in [-0.1, -0.05) is 11.8 Å². The van der Waals surface area contributed by atoms with Crippen molar-refractivity contribution in [3.05, 3.63) is 52.2 Å². The van der Waals surface area contributed by atoms with Crippen molar-refractivity contribution >= 4 is 27.5 Å². The maximum absolute atomic E-state index is 12.8. The molecule has 7 nitrogen and oxygen atoms in total. The maximum atomic E-state index is 12.8. The van der Waals surface area contributed by atoms with Crippen LogP contribution in [0.4, 0.5) is 18.9 Å². The molecule has 0 N–H and O–H groups in total. The van der Waals surface area contributed by atoms with E-state index in [2.05, 4.69) is 4.98 Å². The van der Waals surface area contributed by atoms with Gasteiger partial charge in [-0.25, -0.2) is 13.4 Å². The minimum absolute atomic E-state index is 0.000620. The minimum Gasteiger partial charge on any atom is -0.258 e. The zero-order chi connectivity index (χ0) is 20.5. The summed E-state index contributed by atoms with van der Waals surface area (Å²) in [6.45, 7) is 0.882. The molecule has 1 fully saturated rings. The number of alkyl halides is 3. The second-order valence-corrected chi connectivity index (χ2v) is 8.98. The van der Waals surface area contributed by atoms with Gasteiger partial charge in [-0.05, 0) is 37.1 Å². The van der Waals surface area contributed by atoms with Gasteiger partial charge in [-0.3, -0.25) is 10.1 Å². The number of pyridine rings is 1. The van der Waals surface area contributed by atoms with Gasteiger partial charge in [0.2, 0.25) is 10.0 Å². The maximum Gasteiger partial charge on any atom is 0.416 e. The Hall–Kier alpha value is -2.18. The summed E-state index contributed by atoms with van der Waals surface area (Å²) < 4.78 is 64.6. The third-order valence-electron chi connectivity index (χ3n) is 4.11. The van der Waals surface area contributed by atoms with E-state index in [0.29, 0.717) is 19.2 Å². The Balaban J connectivity index is 1.85. The van der Waals surface area contributed by atoms with Crippen molar-refractivity contribution < 1.29 is 26.5 Å². The van der Waals surface area contributed by atoms with Crippen molar-refractivity contribution in [1.29, 1.82) is 0 Å². The average Bonchev–Trinajstić information content (AvgIpc) is 3.17. The van der Waals surface area contributed by atoms with E-state index in [4.69, 9.17) is 0 Å². The summed E-state index contributed by atoms with van der Waals surface area (Å²) in [5.41, 5.74) is -1.82. The lowest BCUT2D eigenvalue weighted by atomic mass is 10.2. The van der Waals surface area contributed by atoms with Crippen molar-refractivity contribution in [2.24, 2.45) is 0 Å². The summed E-state index contributed by atoms with van der Waals surface area (Å²) in [5.74, 6) is 0. The lowest BCUT2D eigenvalue weighted by Crippen LogP contribution is -2.27. The molecule has 0 spiro atoms. The number of sulfonamides is 1. The van der Waals surface area contributed by atoms with Gasteiger partial charge < -0.3 is 0 Å². The van der Waals surface area contributed by atoms with Gasteiger partial charge in [0.05, 0.1) is 15.4 Å². The highest BCUT2D eigenvalue weighted by Gasteiger charge is 2.33. The van der Waals surface area contributed by atoms with E-state index in [1.165, 1.54) is 16.4 Å². The van der Waals surface area contributed by atoms with Crippen LogP contribution in [0.25, 0.3) is 0 Å². The topological polar surface area (TPSA) is 93.4 Å². The van der Waals surface area contributed by atoms with Crippen molar-refractivity contribution in [2.75, 3.05) is 13.1 Å². The summed E-state index contributed by atoms with van der Waals surface area (Å²) in [5, 5.41) is 11.4. The Bertz CT molecular complexity index is 989. The highest BCUT2D eigenvalue weighted by Crippen LogP contribution is 2.38. The summed E-state index contributed by atoms with van der Waals surface area (Å²) in [6.07, 6.45) is -1.97. The van der Waals surface area contributed by atoms with Gasteiger partial charge in [0.15, 0.2) is 0 Å². The minimum atomic E-state index is -4.70. The Morgan fingerprint density at radius 2 is 1.82 bits per heavy atom. The van der Waals surface area contributed by atoms with E-state index in [-0.39, 0.29) is 14.8 Å². The molecule has 0 unspecified atom stereocenters. The van der Waals surface area contributed by atoms with Crippen LogP contribution in [0.3, 0.4) is 0 Å². The number of hydrogen-bond donors (Lipinski definition) is 0. The smallest absolute Gasteiger partial charge is 0.258 e. The Kier molecular flexibility index (Phi) is 5.64. The molecule has 3 rings (SSSR count). The largest absolute Gasteiger partial charge is 0.416 e. The molecule has 0 bridgehead atoms. The summed E-state index contributed by atoms with van der Waals surface area (Å²) in [6, 6.07) is 4.92. The molecule has 0 atom stereocenters. The summed E-state index contributed by atoms with van der Waals surface area (Å²) >= 11 is 0.785. The Labute approximate surface area is 162 Å². The third-order valence-corrected chi connectivity index (χ3v) is 7.01. The van der Waals surface area contributed by atoms with Crippen LogP contribution in [-0.2, 0) is 16.2 Å². The SMILES string of the molecule is O=[N+]([O-])c1cc(C(F)(F)F)ccc1Sc1ccc(S(=O)(=O)N2CCCC2)cn1. The molecule has 28 heavy (non-hydrogen) atoms.